The van der Waals surface area contributed by atoms with Crippen LogP contribution in [0, 0.1) is 28.6 Å². The first-order chi connectivity index (χ1) is 7.25. The van der Waals surface area contributed by atoms with E-state index in [1.165, 1.54) is 6.42 Å². The monoisotopic (exact) mass is 203 g/mol. The molecule has 2 heterocycles. The third-order valence-electron chi connectivity index (χ3n) is 4.28. The highest BCUT2D eigenvalue weighted by molar-refractivity contribution is 5.21. The van der Waals surface area contributed by atoms with Crippen LogP contribution in [-0.2, 0) is 0 Å². The van der Waals surface area contributed by atoms with Crippen molar-refractivity contribution in [2.24, 2.45) is 17.3 Å². The highest BCUT2D eigenvalue weighted by Gasteiger charge is 2.53. The van der Waals surface area contributed by atoms with Crippen molar-refractivity contribution in [1.82, 2.24) is 10.2 Å². The van der Waals surface area contributed by atoms with Crippen molar-refractivity contribution in [3.8, 4) is 6.07 Å². The summed E-state index contributed by atoms with van der Waals surface area (Å²) in [4.78, 5) is 2.16. The number of allylic oxidation sites excluding steroid dienone is 1. The molecule has 3 rings (SSSR count). The van der Waals surface area contributed by atoms with Crippen molar-refractivity contribution in [2.45, 2.75) is 18.9 Å². The lowest BCUT2D eigenvalue weighted by atomic mass is 9.74. The van der Waals surface area contributed by atoms with Crippen LogP contribution in [0.2, 0.25) is 0 Å². The van der Waals surface area contributed by atoms with Crippen LogP contribution >= 0.6 is 0 Å². The van der Waals surface area contributed by atoms with E-state index in [2.05, 4.69) is 35.6 Å². The maximum absolute atomic E-state index is 9.46. The molecular weight excluding hydrogens is 186 g/mol. The average molecular weight is 203 g/mol. The molecule has 2 fully saturated rings. The zero-order chi connectivity index (χ0) is 10.5. The lowest BCUT2D eigenvalue weighted by molar-refractivity contribution is 0.202. The molecule has 0 aromatic heterocycles. The van der Waals surface area contributed by atoms with Crippen LogP contribution < -0.4 is 5.32 Å². The molecule has 15 heavy (non-hydrogen) atoms. The van der Waals surface area contributed by atoms with E-state index in [0.717, 1.165) is 19.5 Å². The summed E-state index contributed by atoms with van der Waals surface area (Å²) in [6.07, 6.45) is 6.71. The van der Waals surface area contributed by atoms with Gasteiger partial charge in [0.25, 0.3) is 0 Å². The Labute approximate surface area is 90.7 Å². The Bertz CT molecular complexity index is 339. The molecule has 3 heteroatoms. The van der Waals surface area contributed by atoms with Gasteiger partial charge in [0.1, 0.15) is 0 Å². The molecule has 3 nitrogen and oxygen atoms in total. The van der Waals surface area contributed by atoms with E-state index in [0.29, 0.717) is 17.9 Å². The zero-order valence-corrected chi connectivity index (χ0v) is 9.11. The first-order valence-corrected chi connectivity index (χ1v) is 5.78. The van der Waals surface area contributed by atoms with Crippen molar-refractivity contribution in [1.29, 1.82) is 5.26 Å². The Morgan fingerprint density at radius 2 is 2.40 bits per heavy atom. The minimum absolute atomic E-state index is 0.0988. The summed E-state index contributed by atoms with van der Waals surface area (Å²) < 4.78 is 0. The topological polar surface area (TPSA) is 49.0 Å². The number of hydrogen-bond donors (Lipinski definition) is 1. The van der Waals surface area contributed by atoms with Gasteiger partial charge in [-0.05, 0) is 25.0 Å². The normalized spacial score (nSPS) is 47.5. The first kappa shape index (κ1) is 9.23. The number of nitrogens with zero attached hydrogens (tertiary/aromatic N) is 2. The van der Waals surface area contributed by atoms with Crippen LogP contribution in [0.5, 0.6) is 0 Å². The lowest BCUT2D eigenvalue weighted by Crippen LogP contribution is -2.40. The SMILES string of the molecule is CN1C=CC2C(C3CN3)CCC2(C#N)C1. The summed E-state index contributed by atoms with van der Waals surface area (Å²) in [5.41, 5.74) is -0.0988. The molecular formula is C12H17N3. The predicted molar refractivity (Wildman–Crippen MR) is 57.8 cm³/mol. The van der Waals surface area contributed by atoms with Gasteiger partial charge in [-0.1, -0.05) is 6.08 Å². The Balaban J connectivity index is 1.92. The molecule has 4 atom stereocenters. The molecule has 0 radical (unpaired) electrons. The fourth-order valence-electron chi connectivity index (χ4n) is 3.42. The third kappa shape index (κ3) is 1.28. The zero-order valence-electron chi connectivity index (χ0n) is 9.11. The van der Waals surface area contributed by atoms with Crippen LogP contribution in [0.3, 0.4) is 0 Å². The average Bonchev–Trinajstić information content (AvgIpc) is 3.00. The smallest absolute Gasteiger partial charge is 0.0814 e. The molecule has 4 unspecified atom stereocenters. The standard InChI is InChI=1S/C12H17N3/c1-15-5-3-10-9(11-6-14-11)2-4-12(10,7-13)8-15/h3,5,9-11,14H,2,4,6,8H2,1H3. The fourth-order valence-corrected chi connectivity index (χ4v) is 3.42. The molecule has 1 N–H and O–H groups in total. The number of hydrogen-bond acceptors (Lipinski definition) is 3. The third-order valence-corrected chi connectivity index (χ3v) is 4.28. The highest BCUT2D eigenvalue weighted by Crippen LogP contribution is 2.51. The van der Waals surface area contributed by atoms with Gasteiger partial charge in [-0.2, -0.15) is 5.26 Å². The molecule has 0 amide bonds. The summed E-state index contributed by atoms with van der Waals surface area (Å²) in [6.45, 7) is 2.07. The molecule has 1 saturated carbocycles. The van der Waals surface area contributed by atoms with E-state index in [9.17, 15) is 5.26 Å². The quantitative estimate of drug-likeness (QED) is 0.646. The van der Waals surface area contributed by atoms with Crippen LogP contribution in [0.1, 0.15) is 12.8 Å². The predicted octanol–water partition coefficient (Wildman–Crippen LogP) is 0.953. The van der Waals surface area contributed by atoms with Crippen molar-refractivity contribution in [3.05, 3.63) is 12.3 Å². The molecule has 1 aliphatic carbocycles. The molecule has 1 saturated heterocycles. The molecule has 2 aliphatic heterocycles. The van der Waals surface area contributed by atoms with Crippen molar-refractivity contribution in [3.63, 3.8) is 0 Å². The Morgan fingerprint density at radius 3 is 3.07 bits per heavy atom. The number of rotatable bonds is 1. The van der Waals surface area contributed by atoms with Gasteiger partial charge >= 0.3 is 0 Å². The molecule has 0 bridgehead atoms. The summed E-state index contributed by atoms with van der Waals surface area (Å²) in [5, 5.41) is 12.9. The van der Waals surface area contributed by atoms with E-state index in [-0.39, 0.29) is 5.41 Å². The Hall–Kier alpha value is -1.01. The second-order valence-electron chi connectivity index (χ2n) is 5.27. The van der Waals surface area contributed by atoms with E-state index < -0.39 is 0 Å². The second-order valence-corrected chi connectivity index (χ2v) is 5.27. The highest BCUT2D eigenvalue weighted by atomic mass is 15.1. The van der Waals surface area contributed by atoms with Crippen LogP contribution in [0.15, 0.2) is 12.3 Å². The summed E-state index contributed by atoms with van der Waals surface area (Å²) >= 11 is 0. The van der Waals surface area contributed by atoms with Gasteiger partial charge in [-0.3, -0.25) is 0 Å². The Morgan fingerprint density at radius 1 is 1.60 bits per heavy atom. The number of nitrogens with one attached hydrogen (secondary N) is 1. The summed E-state index contributed by atoms with van der Waals surface area (Å²) in [6, 6.07) is 3.29. The minimum atomic E-state index is -0.0988. The molecule has 0 aromatic carbocycles. The van der Waals surface area contributed by atoms with E-state index in [1.807, 2.05) is 0 Å². The second kappa shape index (κ2) is 2.99. The maximum atomic E-state index is 9.46. The Kier molecular flexibility index (Phi) is 1.84. The van der Waals surface area contributed by atoms with E-state index in [1.54, 1.807) is 0 Å². The summed E-state index contributed by atoms with van der Waals surface area (Å²) in [5.74, 6) is 1.19. The van der Waals surface area contributed by atoms with Crippen molar-refractivity contribution < 1.29 is 0 Å². The van der Waals surface area contributed by atoms with Crippen LogP contribution in [0.25, 0.3) is 0 Å². The minimum Gasteiger partial charge on any atom is -0.379 e. The molecule has 0 spiro atoms. The number of nitriles is 1. The van der Waals surface area contributed by atoms with Crippen LogP contribution in [0.4, 0.5) is 0 Å². The lowest BCUT2D eigenvalue weighted by Gasteiger charge is -2.36. The first-order valence-electron chi connectivity index (χ1n) is 5.78. The van der Waals surface area contributed by atoms with Crippen LogP contribution in [-0.4, -0.2) is 31.1 Å². The fraction of sp³-hybridized carbons (Fsp3) is 0.750. The molecule has 0 aromatic rings. The van der Waals surface area contributed by atoms with Gasteiger partial charge in [0, 0.05) is 32.1 Å². The van der Waals surface area contributed by atoms with Crippen molar-refractivity contribution in [2.75, 3.05) is 20.1 Å². The number of fused-ring (bicyclic) bond motifs is 1. The summed E-state index contributed by atoms with van der Waals surface area (Å²) in [7, 11) is 2.06. The van der Waals surface area contributed by atoms with Gasteiger partial charge < -0.3 is 10.2 Å². The molecule has 80 valence electrons. The molecule has 3 aliphatic rings. The van der Waals surface area contributed by atoms with E-state index >= 15 is 0 Å². The van der Waals surface area contributed by atoms with Gasteiger partial charge in [0.15, 0.2) is 0 Å². The van der Waals surface area contributed by atoms with Crippen molar-refractivity contribution >= 4 is 0 Å². The van der Waals surface area contributed by atoms with Gasteiger partial charge in [-0.25, -0.2) is 0 Å². The van der Waals surface area contributed by atoms with Gasteiger partial charge in [0.05, 0.1) is 11.5 Å². The van der Waals surface area contributed by atoms with Gasteiger partial charge in [-0.15, -0.1) is 0 Å². The van der Waals surface area contributed by atoms with E-state index in [4.69, 9.17) is 0 Å². The largest absolute Gasteiger partial charge is 0.379 e. The maximum Gasteiger partial charge on any atom is 0.0814 e. The van der Waals surface area contributed by atoms with Gasteiger partial charge in [0.2, 0.25) is 0 Å².